The Morgan fingerprint density at radius 2 is 1.81 bits per heavy atom. The first-order valence-corrected chi connectivity index (χ1v) is 14.4. The summed E-state index contributed by atoms with van der Waals surface area (Å²) in [6.45, 7) is 11.8. The van der Waals surface area contributed by atoms with Gasteiger partial charge in [-0.3, -0.25) is 4.79 Å². The molecule has 0 aliphatic carbocycles. The maximum Gasteiger partial charge on any atom is 0.416 e. The van der Waals surface area contributed by atoms with E-state index in [0.29, 0.717) is 13.0 Å². The van der Waals surface area contributed by atoms with Gasteiger partial charge >= 0.3 is 12.1 Å². The first-order chi connectivity index (χ1) is 20.2. The minimum atomic E-state index is -4.57. The van der Waals surface area contributed by atoms with Crippen LogP contribution in [0.4, 0.5) is 13.2 Å². The quantitative estimate of drug-likeness (QED) is 0.362. The van der Waals surface area contributed by atoms with Crippen LogP contribution in [0.25, 0.3) is 5.57 Å². The number of hydrogen-bond acceptors (Lipinski definition) is 5. The van der Waals surface area contributed by atoms with Gasteiger partial charge in [-0.1, -0.05) is 51.6 Å². The maximum absolute atomic E-state index is 14.1. The van der Waals surface area contributed by atoms with Crippen molar-refractivity contribution in [3.63, 3.8) is 0 Å². The molecule has 43 heavy (non-hydrogen) atoms. The van der Waals surface area contributed by atoms with Crippen molar-refractivity contribution < 1.29 is 42.1 Å². The highest BCUT2D eigenvalue weighted by molar-refractivity contribution is 5.88. The third-order valence-electron chi connectivity index (χ3n) is 8.43. The fourth-order valence-electron chi connectivity index (χ4n) is 6.37. The molecule has 0 unspecified atom stereocenters. The lowest BCUT2D eigenvalue weighted by molar-refractivity contribution is -0.159. The average Bonchev–Trinajstić information content (AvgIpc) is 3.31. The number of benzene rings is 2. The number of rotatable bonds is 8. The highest BCUT2D eigenvalue weighted by Crippen LogP contribution is 2.51. The second kappa shape index (κ2) is 12.7. The van der Waals surface area contributed by atoms with E-state index in [2.05, 4.69) is 6.58 Å². The smallest absolute Gasteiger partial charge is 0.416 e. The molecule has 2 fully saturated rings. The number of aliphatic carboxylic acids is 1. The molecule has 2 aromatic carbocycles. The number of carboxylic acid groups (broad SMARTS) is 1. The van der Waals surface area contributed by atoms with Gasteiger partial charge in [0, 0.05) is 18.1 Å². The summed E-state index contributed by atoms with van der Waals surface area (Å²) in [4.78, 5) is 28.6. The van der Waals surface area contributed by atoms with Crippen molar-refractivity contribution in [3.8, 4) is 5.75 Å². The van der Waals surface area contributed by atoms with Crippen molar-refractivity contribution in [1.82, 2.24) is 4.90 Å². The lowest BCUT2D eigenvalue weighted by Crippen LogP contribution is -2.51. The van der Waals surface area contributed by atoms with E-state index in [9.17, 15) is 27.9 Å². The summed E-state index contributed by atoms with van der Waals surface area (Å²) in [5.74, 6) is -2.05. The van der Waals surface area contributed by atoms with E-state index < -0.39 is 59.2 Å². The molecule has 0 aromatic heterocycles. The number of likely N-dealkylation sites (tertiary alicyclic amines) is 1. The molecular weight excluding hydrogens is 563 g/mol. The predicted molar refractivity (Wildman–Crippen MR) is 155 cm³/mol. The number of ether oxygens (including phenoxy) is 3. The average molecular weight is 604 g/mol. The van der Waals surface area contributed by atoms with Crippen molar-refractivity contribution in [2.24, 2.45) is 11.3 Å². The van der Waals surface area contributed by atoms with Gasteiger partial charge in [0.05, 0.1) is 31.4 Å². The molecule has 5 atom stereocenters. The van der Waals surface area contributed by atoms with Gasteiger partial charge in [0.15, 0.2) is 0 Å². The van der Waals surface area contributed by atoms with E-state index in [0.717, 1.165) is 36.1 Å². The number of carbonyl (C=O) groups is 2. The van der Waals surface area contributed by atoms with E-state index in [1.165, 1.54) is 18.1 Å². The van der Waals surface area contributed by atoms with Crippen molar-refractivity contribution in [2.45, 2.75) is 77.4 Å². The Hall–Kier alpha value is -3.37. The van der Waals surface area contributed by atoms with E-state index in [-0.39, 0.29) is 23.5 Å². The molecule has 2 aliphatic heterocycles. The van der Waals surface area contributed by atoms with Gasteiger partial charge in [0.2, 0.25) is 0 Å². The van der Waals surface area contributed by atoms with Crippen molar-refractivity contribution >= 4 is 17.4 Å². The molecule has 7 nitrogen and oxygen atoms in total. The summed E-state index contributed by atoms with van der Waals surface area (Å²) in [5, 5.41) is 10.6. The maximum atomic E-state index is 14.1. The number of hydrogen-bond donors (Lipinski definition) is 1. The molecule has 2 aromatic rings. The molecule has 0 bridgehead atoms. The Morgan fingerprint density at radius 3 is 2.37 bits per heavy atom. The van der Waals surface area contributed by atoms with Crippen LogP contribution in [0, 0.1) is 18.3 Å². The summed E-state index contributed by atoms with van der Waals surface area (Å²) in [7, 11) is 1.36. The lowest BCUT2D eigenvalue weighted by Gasteiger charge is -2.35. The van der Waals surface area contributed by atoms with Crippen molar-refractivity contribution in [2.75, 3.05) is 20.3 Å². The molecule has 0 saturated carbocycles. The first-order valence-electron chi connectivity index (χ1n) is 14.4. The van der Waals surface area contributed by atoms with Crippen molar-refractivity contribution in [1.29, 1.82) is 0 Å². The fraction of sp³-hybridized carbons (Fsp3) is 0.515. The molecule has 2 heterocycles. The highest BCUT2D eigenvalue weighted by Gasteiger charge is 2.59. The van der Waals surface area contributed by atoms with Gasteiger partial charge in [0.25, 0.3) is 5.91 Å². The van der Waals surface area contributed by atoms with Crippen LogP contribution in [-0.4, -0.2) is 60.5 Å². The molecule has 1 N–H and O–H groups in total. The highest BCUT2D eigenvalue weighted by atomic mass is 19.4. The molecule has 234 valence electrons. The molecule has 2 aliphatic rings. The number of carboxylic acids is 1. The van der Waals surface area contributed by atoms with Gasteiger partial charge in [-0.15, -0.1) is 0 Å². The number of amides is 1. The van der Waals surface area contributed by atoms with Crippen LogP contribution in [0.3, 0.4) is 0 Å². The van der Waals surface area contributed by atoms with Gasteiger partial charge in [0.1, 0.15) is 17.9 Å². The number of carbonyl (C=O) groups excluding carboxylic acids is 1. The summed E-state index contributed by atoms with van der Waals surface area (Å²) in [6, 6.07) is 8.54. The van der Waals surface area contributed by atoms with Gasteiger partial charge < -0.3 is 24.2 Å². The number of aryl methyl sites for hydroxylation is 1. The standard InChI is InChI=1S/C33H40F3NO6/c1-19-11-7-8-12-22(19)27-29(43-18-20(2)23-17-21(33(34,35)36)14-15-24(23)41-6)26(32(3,4)5)28(31(39)40)37(27)30(38)25-13-9-10-16-42-25/h7-8,11-12,14-15,17,25-29H,2,9-10,13,16,18H2,1,3-6H3,(H,39,40)/t25-,26+,27-,28-,29-/m0/s1. The van der Waals surface area contributed by atoms with E-state index in [1.807, 2.05) is 52.0 Å². The van der Waals surface area contributed by atoms with Crippen LogP contribution in [0.5, 0.6) is 5.75 Å². The third kappa shape index (κ3) is 6.75. The monoisotopic (exact) mass is 603 g/mol. The van der Waals surface area contributed by atoms with Crippen LogP contribution in [-0.2, 0) is 25.2 Å². The topological polar surface area (TPSA) is 85.3 Å². The Kier molecular flexibility index (Phi) is 9.61. The number of methoxy groups -OCH3 is 1. The number of alkyl halides is 3. The SMILES string of the molecule is C=C(CO[C@H]1[C@H](C(C)(C)C)[C@@H](C(=O)O)N(C(=O)[C@@H]2CCCCO2)[C@H]1c1ccccc1C)c1cc(C(F)(F)F)ccc1OC. The van der Waals surface area contributed by atoms with Gasteiger partial charge in [-0.05, 0) is 66.5 Å². The number of nitrogens with zero attached hydrogens (tertiary/aromatic N) is 1. The lowest BCUT2D eigenvalue weighted by atomic mass is 9.73. The molecule has 1 amide bonds. The minimum Gasteiger partial charge on any atom is -0.496 e. The Morgan fingerprint density at radius 1 is 1.12 bits per heavy atom. The van der Waals surface area contributed by atoms with Crippen LogP contribution in [0.2, 0.25) is 0 Å². The van der Waals surface area contributed by atoms with Crippen LogP contribution in [0.1, 0.15) is 68.3 Å². The van der Waals surface area contributed by atoms with E-state index >= 15 is 0 Å². The zero-order chi connectivity index (χ0) is 31.7. The number of halogens is 3. The summed E-state index contributed by atoms with van der Waals surface area (Å²) >= 11 is 0. The molecule has 2 saturated heterocycles. The van der Waals surface area contributed by atoms with Crippen LogP contribution in [0.15, 0.2) is 49.0 Å². The minimum absolute atomic E-state index is 0.133. The van der Waals surface area contributed by atoms with Gasteiger partial charge in [-0.2, -0.15) is 13.2 Å². The van der Waals surface area contributed by atoms with E-state index in [1.54, 1.807) is 0 Å². The molecule has 4 rings (SSSR count). The summed E-state index contributed by atoms with van der Waals surface area (Å²) in [5.41, 5.74) is 0.440. The van der Waals surface area contributed by atoms with E-state index in [4.69, 9.17) is 14.2 Å². The molecule has 10 heteroatoms. The molecule has 0 spiro atoms. The second-order valence-electron chi connectivity index (χ2n) is 12.4. The first kappa shape index (κ1) is 32.5. The van der Waals surface area contributed by atoms with Crippen LogP contribution < -0.4 is 4.74 Å². The zero-order valence-corrected chi connectivity index (χ0v) is 25.2. The molecular formula is C33H40F3NO6. The summed E-state index contributed by atoms with van der Waals surface area (Å²) in [6.07, 6.45) is -4.07. The third-order valence-corrected chi connectivity index (χ3v) is 8.43. The van der Waals surface area contributed by atoms with Crippen LogP contribution >= 0.6 is 0 Å². The fourth-order valence-corrected chi connectivity index (χ4v) is 6.37. The normalized spacial score (nSPS) is 24.6. The Balaban J connectivity index is 1.80. The van der Waals surface area contributed by atoms with Crippen molar-refractivity contribution in [3.05, 3.63) is 71.3 Å². The zero-order valence-electron chi connectivity index (χ0n) is 25.2. The second-order valence-corrected chi connectivity index (χ2v) is 12.4. The largest absolute Gasteiger partial charge is 0.496 e. The summed E-state index contributed by atoms with van der Waals surface area (Å²) < 4.78 is 58.3. The molecule has 0 radical (unpaired) electrons. The Labute approximate surface area is 250 Å². The predicted octanol–water partition coefficient (Wildman–Crippen LogP) is 6.69. The van der Waals surface area contributed by atoms with Gasteiger partial charge in [-0.25, -0.2) is 4.79 Å². The Bertz CT molecular complexity index is 1340.